The fraction of sp³-hybridized carbons (Fsp3) is 0.667. The Bertz CT molecular complexity index is 208. The van der Waals surface area contributed by atoms with Crippen LogP contribution in [0.15, 0.2) is 0 Å². The minimum Gasteiger partial charge on any atom is -0.379 e. The van der Waals surface area contributed by atoms with Gasteiger partial charge < -0.3 is 10.1 Å². The van der Waals surface area contributed by atoms with E-state index in [9.17, 15) is 4.79 Å². The molecule has 0 spiro atoms. The van der Waals surface area contributed by atoms with Gasteiger partial charge in [-0.05, 0) is 25.7 Å². The van der Waals surface area contributed by atoms with Crippen molar-refractivity contribution in [2.75, 3.05) is 13.2 Å². The largest absolute Gasteiger partial charge is 0.379 e. The zero-order chi connectivity index (χ0) is 8.81. The molecule has 1 atom stereocenters. The van der Waals surface area contributed by atoms with E-state index in [0.29, 0.717) is 6.61 Å². The Morgan fingerprint density at radius 1 is 1.67 bits per heavy atom. The van der Waals surface area contributed by atoms with Crippen molar-refractivity contribution in [2.45, 2.75) is 25.8 Å². The number of rotatable bonds is 1. The van der Waals surface area contributed by atoms with Crippen LogP contribution in [0, 0.1) is 11.8 Å². The summed E-state index contributed by atoms with van der Waals surface area (Å²) in [5.41, 5.74) is 0. The van der Waals surface area contributed by atoms with Gasteiger partial charge in [-0.2, -0.15) is 0 Å². The van der Waals surface area contributed by atoms with Crippen LogP contribution in [0.1, 0.15) is 19.8 Å². The Morgan fingerprint density at radius 2 is 2.50 bits per heavy atom. The molecule has 1 saturated heterocycles. The summed E-state index contributed by atoms with van der Waals surface area (Å²) < 4.78 is 5.20. The van der Waals surface area contributed by atoms with Crippen LogP contribution in [0.25, 0.3) is 0 Å². The van der Waals surface area contributed by atoms with Gasteiger partial charge in [-0.1, -0.05) is 5.92 Å². The molecular weight excluding hydrogens is 154 g/mol. The van der Waals surface area contributed by atoms with Gasteiger partial charge in [0.15, 0.2) is 0 Å². The molecule has 3 heteroatoms. The van der Waals surface area contributed by atoms with Gasteiger partial charge >= 0.3 is 0 Å². The van der Waals surface area contributed by atoms with Gasteiger partial charge in [0.25, 0.3) is 5.91 Å². The van der Waals surface area contributed by atoms with E-state index >= 15 is 0 Å². The van der Waals surface area contributed by atoms with Crippen LogP contribution in [-0.2, 0) is 9.53 Å². The molecule has 1 N–H and O–H groups in total. The SMILES string of the molecule is CC#CC(=O)N[C@H]1CCCOC1. The zero-order valence-electron chi connectivity index (χ0n) is 7.22. The highest BCUT2D eigenvalue weighted by atomic mass is 16.5. The maximum Gasteiger partial charge on any atom is 0.296 e. The standard InChI is InChI=1S/C9H13NO2/c1-2-4-9(11)10-8-5-3-6-12-7-8/h8H,3,5-7H2,1H3,(H,10,11)/t8-/m0/s1. The normalized spacial score (nSPS) is 22.2. The average molecular weight is 167 g/mol. The highest BCUT2D eigenvalue weighted by Gasteiger charge is 2.14. The van der Waals surface area contributed by atoms with Crippen LogP contribution in [0.5, 0.6) is 0 Å². The second kappa shape index (κ2) is 4.78. The fourth-order valence-corrected chi connectivity index (χ4v) is 1.19. The molecule has 12 heavy (non-hydrogen) atoms. The molecule has 0 aliphatic carbocycles. The van der Waals surface area contributed by atoms with E-state index in [1.807, 2.05) is 0 Å². The third-order valence-corrected chi connectivity index (χ3v) is 1.73. The van der Waals surface area contributed by atoms with Gasteiger partial charge in [0.1, 0.15) is 0 Å². The summed E-state index contributed by atoms with van der Waals surface area (Å²) in [6.07, 6.45) is 2.02. The van der Waals surface area contributed by atoms with Crippen molar-refractivity contribution in [1.82, 2.24) is 5.32 Å². The number of ether oxygens (including phenoxy) is 1. The summed E-state index contributed by atoms with van der Waals surface area (Å²) in [5.74, 6) is 4.79. The molecule has 1 amide bonds. The number of hydrogen-bond acceptors (Lipinski definition) is 2. The van der Waals surface area contributed by atoms with Crippen molar-refractivity contribution in [1.29, 1.82) is 0 Å². The lowest BCUT2D eigenvalue weighted by atomic mass is 10.1. The number of nitrogens with one attached hydrogen (secondary N) is 1. The van der Waals surface area contributed by atoms with Crippen LogP contribution in [0.2, 0.25) is 0 Å². The Balaban J connectivity index is 2.27. The third-order valence-electron chi connectivity index (χ3n) is 1.73. The highest BCUT2D eigenvalue weighted by Crippen LogP contribution is 2.04. The maximum atomic E-state index is 11.0. The summed E-state index contributed by atoms with van der Waals surface area (Å²) >= 11 is 0. The molecule has 66 valence electrons. The smallest absolute Gasteiger partial charge is 0.296 e. The number of carbonyl (C=O) groups is 1. The van der Waals surface area contributed by atoms with E-state index in [-0.39, 0.29) is 11.9 Å². The molecule has 1 aliphatic heterocycles. The van der Waals surface area contributed by atoms with Gasteiger partial charge in [0.2, 0.25) is 0 Å². The predicted octanol–water partition coefficient (Wildman–Crippen LogP) is 0.305. The Labute approximate surface area is 72.5 Å². The molecule has 0 unspecified atom stereocenters. The average Bonchev–Trinajstić information content (AvgIpc) is 2.06. The highest BCUT2D eigenvalue weighted by molar-refractivity contribution is 5.93. The molecule has 0 aromatic carbocycles. The van der Waals surface area contributed by atoms with E-state index in [0.717, 1.165) is 19.4 Å². The molecule has 0 radical (unpaired) electrons. The maximum absolute atomic E-state index is 11.0. The minimum atomic E-state index is -0.201. The molecular formula is C9H13NO2. The van der Waals surface area contributed by atoms with Gasteiger partial charge in [-0.25, -0.2) is 0 Å². The molecule has 1 aliphatic rings. The van der Waals surface area contributed by atoms with Crippen LogP contribution in [0.4, 0.5) is 0 Å². The van der Waals surface area contributed by atoms with Crippen LogP contribution < -0.4 is 5.32 Å². The molecule has 0 aromatic heterocycles. The van der Waals surface area contributed by atoms with Crippen molar-refractivity contribution < 1.29 is 9.53 Å². The summed E-state index contributed by atoms with van der Waals surface area (Å²) in [4.78, 5) is 11.0. The van der Waals surface area contributed by atoms with Gasteiger partial charge in [0, 0.05) is 6.61 Å². The summed E-state index contributed by atoms with van der Waals surface area (Å²) in [7, 11) is 0. The molecule has 0 bridgehead atoms. The Hall–Kier alpha value is -1.01. The van der Waals surface area contributed by atoms with E-state index < -0.39 is 0 Å². The van der Waals surface area contributed by atoms with Gasteiger partial charge in [-0.15, -0.1) is 0 Å². The minimum absolute atomic E-state index is 0.159. The molecule has 1 fully saturated rings. The van der Waals surface area contributed by atoms with E-state index in [2.05, 4.69) is 17.2 Å². The number of amides is 1. The number of hydrogen-bond donors (Lipinski definition) is 1. The van der Waals surface area contributed by atoms with Gasteiger partial charge in [0.05, 0.1) is 12.6 Å². The van der Waals surface area contributed by atoms with Crippen LogP contribution in [0.3, 0.4) is 0 Å². The zero-order valence-corrected chi connectivity index (χ0v) is 7.22. The predicted molar refractivity (Wildman–Crippen MR) is 45.4 cm³/mol. The van der Waals surface area contributed by atoms with E-state index in [4.69, 9.17) is 4.74 Å². The monoisotopic (exact) mass is 167 g/mol. The van der Waals surface area contributed by atoms with Crippen molar-refractivity contribution in [3.63, 3.8) is 0 Å². The van der Waals surface area contributed by atoms with Crippen molar-refractivity contribution >= 4 is 5.91 Å². The topological polar surface area (TPSA) is 38.3 Å². The van der Waals surface area contributed by atoms with Crippen molar-refractivity contribution in [3.8, 4) is 11.8 Å². The first kappa shape index (κ1) is 9.08. The summed E-state index contributed by atoms with van der Waals surface area (Å²) in [5, 5.41) is 2.78. The second-order valence-electron chi connectivity index (χ2n) is 2.76. The van der Waals surface area contributed by atoms with E-state index in [1.165, 1.54) is 0 Å². The fourth-order valence-electron chi connectivity index (χ4n) is 1.19. The van der Waals surface area contributed by atoms with Crippen molar-refractivity contribution in [3.05, 3.63) is 0 Å². The number of carbonyl (C=O) groups excluding carboxylic acids is 1. The molecule has 0 saturated carbocycles. The quantitative estimate of drug-likeness (QED) is 0.571. The van der Waals surface area contributed by atoms with Crippen LogP contribution in [-0.4, -0.2) is 25.2 Å². The molecule has 1 heterocycles. The Kier molecular flexibility index (Phi) is 3.62. The first-order valence-electron chi connectivity index (χ1n) is 4.14. The lowest BCUT2D eigenvalue weighted by Crippen LogP contribution is -2.39. The first-order chi connectivity index (χ1) is 5.83. The molecule has 3 nitrogen and oxygen atoms in total. The molecule has 1 rings (SSSR count). The third kappa shape index (κ3) is 2.93. The summed E-state index contributed by atoms with van der Waals surface area (Å²) in [6, 6.07) is 0.159. The first-order valence-corrected chi connectivity index (χ1v) is 4.14. The van der Waals surface area contributed by atoms with Crippen molar-refractivity contribution in [2.24, 2.45) is 0 Å². The summed E-state index contributed by atoms with van der Waals surface area (Å²) in [6.45, 7) is 3.08. The lowest BCUT2D eigenvalue weighted by molar-refractivity contribution is -0.117. The lowest BCUT2D eigenvalue weighted by Gasteiger charge is -2.21. The molecule has 0 aromatic rings. The van der Waals surface area contributed by atoms with Crippen LogP contribution >= 0.6 is 0 Å². The van der Waals surface area contributed by atoms with Gasteiger partial charge in [-0.3, -0.25) is 4.79 Å². The van der Waals surface area contributed by atoms with E-state index in [1.54, 1.807) is 6.92 Å². The Morgan fingerprint density at radius 3 is 3.08 bits per heavy atom. The second-order valence-corrected chi connectivity index (χ2v) is 2.76.